The molecule has 3 heterocycles. The second kappa shape index (κ2) is 38.0. The molecule has 0 bridgehead atoms. The Morgan fingerprint density at radius 1 is 0.451 bits per heavy atom. The van der Waals surface area contributed by atoms with E-state index >= 15 is 0 Å². The fraction of sp³-hybridized carbons (Fsp3) is 0.789. The average Bonchev–Trinajstić information content (AvgIpc) is 1.80. The Hall–Kier alpha value is -7.99. The van der Waals surface area contributed by atoms with Gasteiger partial charge in [0.2, 0.25) is 88.6 Å². The number of carbonyl (C=O) groups excluding carboxylic acids is 15. The van der Waals surface area contributed by atoms with E-state index in [9.17, 15) is 77.0 Å². The molecule has 12 atom stereocenters. The van der Waals surface area contributed by atoms with Gasteiger partial charge in [-0.2, -0.15) is 0 Å². The molecule has 31 heteroatoms. The first-order valence-electron chi connectivity index (χ1n) is 36.4. The summed E-state index contributed by atoms with van der Waals surface area (Å²) in [6.07, 6.45) is 2.90. The highest BCUT2D eigenvalue weighted by atomic mass is 16.3. The Bertz CT molecular complexity index is 3050. The van der Waals surface area contributed by atoms with Gasteiger partial charge in [-0.1, -0.05) is 75.7 Å². The molecule has 0 spiro atoms. The number of aliphatic hydroxyl groups excluding tert-OH is 1. The standard InChI is InChI=1S/C71H123N15O16/c1-21-42(10)53(78-54(90)43(11)73-58(94)49-27-24-32-84(49)64(100)67(13,14)80-56(92)47(36-40(6)7)75-55(91)46(30-31-52(72)89)76-62(98)70(19,22-2)79-44(12)88)61(97)82-69(17,18)66(102)86-34-26-29-51(86)60(96)83-71(20,23-3)63(99)77-48(37-41(8)9)57(93)81-68(15,16)65(101)85-33-25-28-50(85)59(95)74-45(38-87)35-39(4)5/h39-43,45-51,53,87H,21-38H2,1-20H3,(H2,72,89)(H,73,94)(H,74,95)(H,75,91)(H,76,98)(H,77,99)(H,78,90)(H,79,88)(H,80,92)(H,81,93)(H,82,97)(H,83,96). The van der Waals surface area contributed by atoms with E-state index in [1.807, 2.05) is 27.7 Å². The van der Waals surface area contributed by atoms with Crippen LogP contribution in [0.1, 0.15) is 228 Å². The lowest BCUT2D eigenvalue weighted by Gasteiger charge is -2.37. The molecule has 0 aromatic rings. The van der Waals surface area contributed by atoms with Gasteiger partial charge in [-0.3, -0.25) is 71.9 Å². The number of aliphatic hydroxyl groups is 1. The highest BCUT2D eigenvalue weighted by molar-refractivity contribution is 6.02. The van der Waals surface area contributed by atoms with Crippen LogP contribution in [-0.2, 0) is 71.9 Å². The molecule has 14 N–H and O–H groups in total. The van der Waals surface area contributed by atoms with Crippen LogP contribution in [0.25, 0.3) is 0 Å². The van der Waals surface area contributed by atoms with Crippen molar-refractivity contribution in [2.75, 3.05) is 26.2 Å². The Kier molecular flexibility index (Phi) is 32.8. The van der Waals surface area contributed by atoms with Crippen molar-refractivity contribution in [1.29, 1.82) is 0 Å². The van der Waals surface area contributed by atoms with Crippen LogP contribution in [0.5, 0.6) is 0 Å². The molecule has 0 aliphatic carbocycles. The zero-order valence-electron chi connectivity index (χ0n) is 64.2. The van der Waals surface area contributed by atoms with Crippen molar-refractivity contribution in [3.63, 3.8) is 0 Å². The van der Waals surface area contributed by atoms with Crippen molar-refractivity contribution in [2.24, 2.45) is 29.4 Å². The molecule has 3 aliphatic heterocycles. The quantitative estimate of drug-likeness (QED) is 0.0403. The van der Waals surface area contributed by atoms with Crippen LogP contribution in [0, 0.1) is 23.7 Å². The van der Waals surface area contributed by atoms with Crippen molar-refractivity contribution in [1.82, 2.24) is 73.2 Å². The van der Waals surface area contributed by atoms with E-state index in [-0.39, 0.29) is 95.4 Å². The number of likely N-dealkylation sites (tertiary alicyclic amines) is 3. The van der Waals surface area contributed by atoms with Crippen LogP contribution < -0.4 is 64.2 Å². The summed E-state index contributed by atoms with van der Waals surface area (Å²) in [5, 5.41) is 39.9. The molecule has 3 rings (SSSR count). The van der Waals surface area contributed by atoms with E-state index in [0.717, 1.165) is 0 Å². The van der Waals surface area contributed by atoms with Gasteiger partial charge in [0.25, 0.3) is 0 Å². The van der Waals surface area contributed by atoms with E-state index in [4.69, 9.17) is 5.73 Å². The van der Waals surface area contributed by atoms with E-state index in [1.54, 1.807) is 41.5 Å². The van der Waals surface area contributed by atoms with Crippen LogP contribution in [0.3, 0.4) is 0 Å². The maximum absolute atomic E-state index is 14.6. The lowest BCUT2D eigenvalue weighted by Crippen LogP contribution is -2.66. The summed E-state index contributed by atoms with van der Waals surface area (Å²) in [5.74, 6) is -10.6. The number of primary amides is 1. The Labute approximate surface area is 602 Å². The molecule has 578 valence electrons. The van der Waals surface area contributed by atoms with E-state index in [2.05, 4.69) is 58.5 Å². The normalized spacial score (nSPS) is 19.6. The number of amides is 15. The van der Waals surface area contributed by atoms with Gasteiger partial charge in [-0.15, -0.1) is 0 Å². The minimum absolute atomic E-state index is 0.0498. The maximum atomic E-state index is 14.6. The minimum atomic E-state index is -1.68. The summed E-state index contributed by atoms with van der Waals surface area (Å²) in [5.41, 5.74) is -2.53. The predicted molar refractivity (Wildman–Crippen MR) is 381 cm³/mol. The molecule has 0 aromatic carbocycles. The topological polar surface area (TPSA) is 444 Å². The molecule has 0 saturated carbocycles. The van der Waals surface area contributed by atoms with Crippen LogP contribution in [0.15, 0.2) is 0 Å². The number of nitrogens with one attached hydrogen (secondary N) is 11. The zero-order chi connectivity index (χ0) is 77.9. The maximum Gasteiger partial charge on any atom is 0.248 e. The number of rotatable bonds is 38. The van der Waals surface area contributed by atoms with E-state index in [1.165, 1.54) is 83.9 Å². The third kappa shape index (κ3) is 24.6. The molecule has 0 aromatic heterocycles. The van der Waals surface area contributed by atoms with Gasteiger partial charge in [0.05, 0.1) is 12.6 Å². The Balaban J connectivity index is 1.72. The van der Waals surface area contributed by atoms with E-state index < -0.39 is 177 Å². The van der Waals surface area contributed by atoms with E-state index in [0.29, 0.717) is 38.5 Å². The summed E-state index contributed by atoms with van der Waals surface area (Å²) in [6, 6.07) is -9.81. The van der Waals surface area contributed by atoms with Crippen LogP contribution in [0.4, 0.5) is 0 Å². The molecule has 15 amide bonds. The zero-order valence-corrected chi connectivity index (χ0v) is 64.2. The molecule has 3 saturated heterocycles. The minimum Gasteiger partial charge on any atom is -0.394 e. The lowest BCUT2D eigenvalue weighted by molar-refractivity contribution is -0.147. The summed E-state index contributed by atoms with van der Waals surface area (Å²) < 4.78 is 0. The number of carbonyl (C=O) groups is 15. The van der Waals surface area contributed by atoms with Gasteiger partial charge in [-0.05, 0) is 163 Å². The van der Waals surface area contributed by atoms with Crippen LogP contribution in [0.2, 0.25) is 0 Å². The van der Waals surface area contributed by atoms with Crippen LogP contribution in [-0.4, -0.2) is 217 Å². The smallest absolute Gasteiger partial charge is 0.248 e. The van der Waals surface area contributed by atoms with Gasteiger partial charge in [0.1, 0.15) is 76.0 Å². The summed E-state index contributed by atoms with van der Waals surface area (Å²) >= 11 is 0. The molecule has 12 unspecified atom stereocenters. The highest BCUT2D eigenvalue weighted by Gasteiger charge is 2.49. The predicted octanol–water partition coefficient (Wildman–Crippen LogP) is 0.604. The summed E-state index contributed by atoms with van der Waals surface area (Å²) in [7, 11) is 0. The third-order valence-electron chi connectivity index (χ3n) is 19.5. The second-order valence-electron chi connectivity index (χ2n) is 31.4. The monoisotopic (exact) mass is 1440 g/mol. The molecule has 3 fully saturated rings. The largest absolute Gasteiger partial charge is 0.394 e. The second-order valence-corrected chi connectivity index (χ2v) is 31.4. The number of nitrogens with zero attached hydrogens (tertiary/aromatic N) is 3. The molecule has 31 nitrogen and oxygen atoms in total. The third-order valence-corrected chi connectivity index (χ3v) is 19.5. The lowest BCUT2D eigenvalue weighted by atomic mass is 9.94. The first-order valence-corrected chi connectivity index (χ1v) is 36.4. The van der Waals surface area contributed by atoms with Gasteiger partial charge < -0.3 is 84.0 Å². The number of hydrogen-bond acceptors (Lipinski definition) is 16. The Morgan fingerprint density at radius 3 is 1.22 bits per heavy atom. The summed E-state index contributed by atoms with van der Waals surface area (Å²) in [4.78, 5) is 212. The van der Waals surface area contributed by atoms with Gasteiger partial charge in [0.15, 0.2) is 0 Å². The fourth-order valence-corrected chi connectivity index (χ4v) is 12.9. The van der Waals surface area contributed by atoms with Gasteiger partial charge in [0, 0.05) is 33.0 Å². The van der Waals surface area contributed by atoms with Crippen molar-refractivity contribution >= 4 is 88.6 Å². The van der Waals surface area contributed by atoms with Crippen LogP contribution >= 0.6 is 0 Å². The summed E-state index contributed by atoms with van der Waals surface area (Å²) in [6.45, 7) is 32.7. The van der Waals surface area contributed by atoms with Gasteiger partial charge >= 0.3 is 0 Å². The van der Waals surface area contributed by atoms with Crippen molar-refractivity contribution in [2.45, 2.75) is 310 Å². The fourth-order valence-electron chi connectivity index (χ4n) is 12.9. The number of nitrogens with two attached hydrogens (primary N) is 1. The number of hydrogen-bond donors (Lipinski definition) is 13. The first kappa shape index (κ1) is 88.2. The molecule has 102 heavy (non-hydrogen) atoms. The van der Waals surface area contributed by atoms with Gasteiger partial charge in [-0.25, -0.2) is 0 Å². The van der Waals surface area contributed by atoms with Crippen molar-refractivity contribution in [3.8, 4) is 0 Å². The molecular formula is C71H123N15O16. The Morgan fingerprint density at radius 2 is 0.833 bits per heavy atom. The first-order chi connectivity index (χ1) is 47.2. The van der Waals surface area contributed by atoms with Crippen molar-refractivity contribution in [3.05, 3.63) is 0 Å². The highest BCUT2D eigenvalue weighted by Crippen LogP contribution is 2.28. The average molecular weight is 1440 g/mol. The molecule has 3 aliphatic rings. The SMILES string of the molecule is CCC(C)C(NC(=O)C(C)NC(=O)C1CCCN1C(=O)C(C)(C)NC(=O)C(CC(C)C)NC(=O)C(CCC(N)=O)NC(=O)C(C)(CC)NC(C)=O)C(=O)NC(C)(C)C(=O)N1CCCC1C(=O)NC(C)(CC)C(=O)NC(CC(C)C)C(=O)NC(C)(C)C(=O)N1CCCC1C(=O)NC(CO)CC(C)C. The molecule has 0 radical (unpaired) electrons. The molecular weight excluding hydrogens is 1320 g/mol. The van der Waals surface area contributed by atoms with Crippen molar-refractivity contribution < 1.29 is 77.0 Å².